The maximum Gasteiger partial charge on any atom is 0.255 e. The molecule has 2 heterocycles. The van der Waals surface area contributed by atoms with Gasteiger partial charge in [-0.1, -0.05) is 6.07 Å². The average molecular weight is 412 g/mol. The lowest BCUT2D eigenvalue weighted by atomic mass is 10.0. The van der Waals surface area contributed by atoms with Crippen molar-refractivity contribution in [2.24, 2.45) is 0 Å². The van der Waals surface area contributed by atoms with Gasteiger partial charge in [-0.15, -0.1) is 0 Å². The number of ether oxygens (including phenoxy) is 1. The smallest absolute Gasteiger partial charge is 0.255 e. The summed E-state index contributed by atoms with van der Waals surface area (Å²) in [7, 11) is 0. The van der Waals surface area contributed by atoms with Crippen LogP contribution < -0.4 is 10.1 Å². The Bertz CT molecular complexity index is 1280. The van der Waals surface area contributed by atoms with E-state index in [2.05, 4.69) is 36.3 Å². The molecule has 31 heavy (non-hydrogen) atoms. The van der Waals surface area contributed by atoms with Crippen LogP contribution in [0.2, 0.25) is 0 Å². The number of hydrogen-bond donors (Lipinski definition) is 2. The van der Waals surface area contributed by atoms with Gasteiger partial charge in [0.05, 0.1) is 17.6 Å². The van der Waals surface area contributed by atoms with Crippen LogP contribution in [0.15, 0.2) is 48.5 Å². The fourth-order valence-corrected chi connectivity index (χ4v) is 4.06. The topological polar surface area (TPSA) is 67.0 Å². The first kappa shape index (κ1) is 19.4. The molecule has 2 N–H and O–H groups in total. The van der Waals surface area contributed by atoms with Crippen molar-refractivity contribution < 1.29 is 9.53 Å². The zero-order valence-electron chi connectivity index (χ0n) is 18.0. The van der Waals surface area contributed by atoms with Crippen LogP contribution in [0.3, 0.4) is 0 Å². The van der Waals surface area contributed by atoms with Crippen LogP contribution >= 0.6 is 0 Å². The number of carbonyl (C=O) groups is 1. The van der Waals surface area contributed by atoms with Gasteiger partial charge in [0.25, 0.3) is 5.91 Å². The number of aryl methyl sites for hydroxylation is 4. The van der Waals surface area contributed by atoms with Crippen LogP contribution in [-0.2, 0) is 6.42 Å². The Hall–Kier alpha value is -3.60. The fraction of sp³-hybridized carbons (Fsp3) is 0.231. The number of imidazole rings is 1. The SMILES string of the molecule is Cc1cc2nc(-c3cc(NC(=O)c4ccc5c(c4)CCCO5)ccc3C)[nH]c2cc1C. The van der Waals surface area contributed by atoms with Crippen LogP contribution in [0.5, 0.6) is 5.75 Å². The zero-order chi connectivity index (χ0) is 21.5. The Morgan fingerprint density at radius 3 is 2.71 bits per heavy atom. The van der Waals surface area contributed by atoms with E-state index in [0.717, 1.165) is 64.4 Å². The van der Waals surface area contributed by atoms with Crippen molar-refractivity contribution >= 4 is 22.6 Å². The number of benzene rings is 3. The molecule has 1 aliphatic heterocycles. The number of carbonyl (C=O) groups excluding carboxylic acids is 1. The molecule has 0 aliphatic carbocycles. The molecule has 0 saturated heterocycles. The van der Waals surface area contributed by atoms with Gasteiger partial charge >= 0.3 is 0 Å². The molecular weight excluding hydrogens is 386 g/mol. The molecule has 0 atom stereocenters. The number of H-pyrrole nitrogens is 1. The third-order valence-electron chi connectivity index (χ3n) is 6.02. The lowest BCUT2D eigenvalue weighted by Gasteiger charge is -2.17. The summed E-state index contributed by atoms with van der Waals surface area (Å²) in [5.41, 5.74) is 8.96. The van der Waals surface area contributed by atoms with Gasteiger partial charge in [0.2, 0.25) is 0 Å². The van der Waals surface area contributed by atoms with Gasteiger partial charge < -0.3 is 15.0 Å². The highest BCUT2D eigenvalue weighted by molar-refractivity contribution is 6.04. The van der Waals surface area contributed by atoms with Crippen LogP contribution in [0.1, 0.15) is 39.0 Å². The highest BCUT2D eigenvalue weighted by atomic mass is 16.5. The minimum absolute atomic E-state index is 0.126. The van der Waals surface area contributed by atoms with Gasteiger partial charge in [0.15, 0.2) is 0 Å². The predicted octanol–water partition coefficient (Wildman–Crippen LogP) is 5.73. The molecule has 0 bridgehead atoms. The molecule has 156 valence electrons. The number of anilines is 1. The van der Waals surface area contributed by atoms with Crippen LogP contribution in [-0.4, -0.2) is 22.5 Å². The normalized spacial score (nSPS) is 13.0. The maximum absolute atomic E-state index is 12.9. The number of rotatable bonds is 3. The molecule has 0 fully saturated rings. The van der Waals surface area contributed by atoms with Gasteiger partial charge in [-0.25, -0.2) is 4.98 Å². The van der Waals surface area contributed by atoms with Crippen molar-refractivity contribution in [3.63, 3.8) is 0 Å². The third kappa shape index (κ3) is 3.67. The summed E-state index contributed by atoms with van der Waals surface area (Å²) in [4.78, 5) is 21.1. The first-order valence-electron chi connectivity index (χ1n) is 10.6. The minimum Gasteiger partial charge on any atom is -0.493 e. The number of hydrogen-bond acceptors (Lipinski definition) is 3. The monoisotopic (exact) mass is 411 g/mol. The summed E-state index contributed by atoms with van der Waals surface area (Å²) in [6, 6.07) is 15.8. The molecule has 4 aromatic rings. The van der Waals surface area contributed by atoms with Crippen LogP contribution in [0.4, 0.5) is 5.69 Å². The lowest BCUT2D eigenvalue weighted by Crippen LogP contribution is -2.14. The molecule has 0 radical (unpaired) electrons. The van der Waals surface area contributed by atoms with E-state index in [1.54, 1.807) is 0 Å². The molecule has 5 nitrogen and oxygen atoms in total. The van der Waals surface area contributed by atoms with E-state index in [1.807, 2.05) is 43.3 Å². The molecule has 1 amide bonds. The second-order valence-corrected chi connectivity index (χ2v) is 8.30. The van der Waals surface area contributed by atoms with Gasteiger partial charge in [-0.2, -0.15) is 0 Å². The van der Waals surface area contributed by atoms with Crippen molar-refractivity contribution in [1.29, 1.82) is 0 Å². The van der Waals surface area contributed by atoms with E-state index >= 15 is 0 Å². The largest absolute Gasteiger partial charge is 0.493 e. The summed E-state index contributed by atoms with van der Waals surface area (Å²) < 4.78 is 5.65. The zero-order valence-corrected chi connectivity index (χ0v) is 18.0. The quantitative estimate of drug-likeness (QED) is 0.452. The molecule has 3 aromatic carbocycles. The second-order valence-electron chi connectivity index (χ2n) is 8.30. The Labute approximate surface area is 181 Å². The highest BCUT2D eigenvalue weighted by Crippen LogP contribution is 2.29. The Kier molecular flexibility index (Phi) is 4.74. The van der Waals surface area contributed by atoms with Crippen molar-refractivity contribution in [3.8, 4) is 17.1 Å². The molecule has 5 rings (SSSR count). The predicted molar refractivity (Wildman–Crippen MR) is 124 cm³/mol. The number of nitrogens with one attached hydrogen (secondary N) is 2. The summed E-state index contributed by atoms with van der Waals surface area (Å²) in [5, 5.41) is 3.03. The van der Waals surface area contributed by atoms with Crippen molar-refractivity contribution in [3.05, 3.63) is 76.3 Å². The lowest BCUT2D eigenvalue weighted by molar-refractivity contribution is 0.102. The van der Waals surface area contributed by atoms with Crippen LogP contribution in [0.25, 0.3) is 22.4 Å². The maximum atomic E-state index is 12.9. The first-order valence-corrected chi connectivity index (χ1v) is 10.6. The second kappa shape index (κ2) is 7.58. The van der Waals surface area contributed by atoms with E-state index in [-0.39, 0.29) is 5.91 Å². The molecule has 0 unspecified atom stereocenters. The number of fused-ring (bicyclic) bond motifs is 2. The van der Waals surface area contributed by atoms with E-state index in [9.17, 15) is 4.79 Å². The van der Waals surface area contributed by atoms with Crippen molar-refractivity contribution in [2.75, 3.05) is 11.9 Å². The Balaban J connectivity index is 1.44. The fourth-order valence-electron chi connectivity index (χ4n) is 4.06. The van der Waals surface area contributed by atoms with Gasteiger partial charge in [-0.3, -0.25) is 4.79 Å². The van der Waals surface area contributed by atoms with Gasteiger partial charge in [-0.05, 0) is 98.3 Å². The molecule has 0 spiro atoms. The third-order valence-corrected chi connectivity index (χ3v) is 6.02. The van der Waals surface area contributed by atoms with E-state index in [1.165, 1.54) is 11.1 Å². The van der Waals surface area contributed by atoms with Crippen molar-refractivity contribution in [2.45, 2.75) is 33.6 Å². The number of nitrogens with zero attached hydrogens (tertiary/aromatic N) is 1. The van der Waals surface area contributed by atoms with Gasteiger partial charge in [0, 0.05) is 16.8 Å². The summed E-state index contributed by atoms with van der Waals surface area (Å²) in [6.45, 7) is 6.99. The number of aromatic nitrogens is 2. The van der Waals surface area contributed by atoms with E-state index < -0.39 is 0 Å². The van der Waals surface area contributed by atoms with E-state index in [0.29, 0.717) is 5.56 Å². The van der Waals surface area contributed by atoms with Crippen LogP contribution in [0, 0.1) is 20.8 Å². The standard InChI is InChI=1S/C26H25N3O2/c1-15-6-8-20(27-26(30)19-7-9-24-18(13-19)5-4-10-31-24)14-21(15)25-28-22-11-16(2)17(3)12-23(22)29-25/h6-9,11-14H,4-5,10H2,1-3H3,(H,27,30)(H,28,29). The molecule has 1 aliphatic rings. The average Bonchev–Trinajstić information content (AvgIpc) is 3.17. The molecule has 5 heteroatoms. The first-order chi connectivity index (χ1) is 15.0. The number of amides is 1. The van der Waals surface area contributed by atoms with E-state index in [4.69, 9.17) is 9.72 Å². The molecule has 1 aromatic heterocycles. The highest BCUT2D eigenvalue weighted by Gasteiger charge is 2.15. The Morgan fingerprint density at radius 1 is 1.00 bits per heavy atom. The number of aromatic amines is 1. The summed E-state index contributed by atoms with van der Waals surface area (Å²) in [6.07, 6.45) is 1.92. The Morgan fingerprint density at radius 2 is 1.84 bits per heavy atom. The molecule has 0 saturated carbocycles. The minimum atomic E-state index is -0.126. The summed E-state index contributed by atoms with van der Waals surface area (Å²) >= 11 is 0. The summed E-state index contributed by atoms with van der Waals surface area (Å²) in [5.74, 6) is 1.56. The van der Waals surface area contributed by atoms with Crippen molar-refractivity contribution in [1.82, 2.24) is 9.97 Å². The molecular formula is C26H25N3O2. The van der Waals surface area contributed by atoms with Gasteiger partial charge in [0.1, 0.15) is 11.6 Å².